The van der Waals surface area contributed by atoms with Gasteiger partial charge in [0.1, 0.15) is 6.10 Å². The standard InChI is InChI=1S/C24H36O5/c1-16(11-8-13-23(5,6)27)9-7-10-17(2)12-14-24-20(26)15-18(3)21(22(24)29-24)28-19(4)25/h9,12,15,21-22,27H,7-8,10-11,13-14H2,1-6H3. The van der Waals surface area contributed by atoms with Gasteiger partial charge in [-0.1, -0.05) is 23.3 Å². The molecule has 0 aromatic rings. The van der Waals surface area contributed by atoms with Crippen molar-refractivity contribution in [2.45, 2.75) is 103 Å². The molecule has 1 saturated heterocycles. The van der Waals surface area contributed by atoms with E-state index >= 15 is 0 Å². The Hall–Kier alpha value is -1.72. The molecular weight excluding hydrogens is 368 g/mol. The summed E-state index contributed by atoms with van der Waals surface area (Å²) in [4.78, 5) is 23.8. The highest BCUT2D eigenvalue weighted by molar-refractivity contribution is 6.02. The minimum Gasteiger partial charge on any atom is -0.455 e. The molecule has 29 heavy (non-hydrogen) atoms. The lowest BCUT2D eigenvalue weighted by molar-refractivity contribution is -0.145. The van der Waals surface area contributed by atoms with Gasteiger partial charge >= 0.3 is 5.97 Å². The zero-order valence-electron chi connectivity index (χ0n) is 18.7. The molecular formula is C24H36O5. The van der Waals surface area contributed by atoms with Gasteiger partial charge in [-0.25, -0.2) is 0 Å². The Morgan fingerprint density at radius 3 is 2.52 bits per heavy atom. The van der Waals surface area contributed by atoms with Crippen molar-refractivity contribution in [1.82, 2.24) is 0 Å². The molecule has 1 heterocycles. The number of esters is 1. The fourth-order valence-electron chi connectivity index (χ4n) is 3.82. The average molecular weight is 405 g/mol. The second kappa shape index (κ2) is 9.40. The summed E-state index contributed by atoms with van der Waals surface area (Å²) in [5.41, 5.74) is 1.86. The van der Waals surface area contributed by atoms with Gasteiger partial charge in [-0.05, 0) is 78.4 Å². The number of allylic oxidation sites excluding steroid dienone is 3. The van der Waals surface area contributed by atoms with E-state index in [1.807, 2.05) is 13.8 Å². The van der Waals surface area contributed by atoms with Crippen LogP contribution in [-0.4, -0.2) is 40.3 Å². The summed E-state index contributed by atoms with van der Waals surface area (Å²) >= 11 is 0. The predicted molar refractivity (Wildman–Crippen MR) is 113 cm³/mol. The summed E-state index contributed by atoms with van der Waals surface area (Å²) < 4.78 is 11.1. The molecule has 0 spiro atoms. The van der Waals surface area contributed by atoms with E-state index in [-0.39, 0.29) is 17.9 Å². The van der Waals surface area contributed by atoms with E-state index in [9.17, 15) is 14.7 Å². The van der Waals surface area contributed by atoms with Crippen LogP contribution in [0.2, 0.25) is 0 Å². The van der Waals surface area contributed by atoms with E-state index in [2.05, 4.69) is 26.0 Å². The van der Waals surface area contributed by atoms with Crippen molar-refractivity contribution in [1.29, 1.82) is 0 Å². The van der Waals surface area contributed by atoms with Crippen molar-refractivity contribution in [2.24, 2.45) is 0 Å². The molecule has 1 N–H and O–H groups in total. The first-order chi connectivity index (χ1) is 13.4. The van der Waals surface area contributed by atoms with Gasteiger partial charge < -0.3 is 14.6 Å². The van der Waals surface area contributed by atoms with E-state index in [1.54, 1.807) is 13.0 Å². The molecule has 5 heteroatoms. The van der Waals surface area contributed by atoms with Crippen LogP contribution in [0, 0.1) is 0 Å². The van der Waals surface area contributed by atoms with E-state index in [0.29, 0.717) is 6.42 Å². The van der Waals surface area contributed by atoms with Gasteiger partial charge in [-0.2, -0.15) is 0 Å². The van der Waals surface area contributed by atoms with Crippen LogP contribution in [0.5, 0.6) is 0 Å². The Balaban J connectivity index is 1.83. The monoisotopic (exact) mass is 404 g/mol. The largest absolute Gasteiger partial charge is 0.455 e. The van der Waals surface area contributed by atoms with E-state index < -0.39 is 17.3 Å². The van der Waals surface area contributed by atoms with Crippen LogP contribution < -0.4 is 0 Å². The first-order valence-corrected chi connectivity index (χ1v) is 10.6. The third-order valence-electron chi connectivity index (χ3n) is 5.68. The smallest absolute Gasteiger partial charge is 0.303 e. The molecule has 0 amide bonds. The minimum atomic E-state index is -0.857. The van der Waals surface area contributed by atoms with Gasteiger partial charge in [0.25, 0.3) is 0 Å². The quantitative estimate of drug-likeness (QED) is 0.327. The molecule has 3 atom stereocenters. The fourth-order valence-corrected chi connectivity index (χ4v) is 3.82. The van der Waals surface area contributed by atoms with Crippen LogP contribution in [0.4, 0.5) is 0 Å². The zero-order chi connectivity index (χ0) is 21.8. The van der Waals surface area contributed by atoms with Crippen molar-refractivity contribution in [2.75, 3.05) is 0 Å². The summed E-state index contributed by atoms with van der Waals surface area (Å²) in [5.74, 6) is -0.395. The molecule has 162 valence electrons. The molecule has 2 aliphatic rings. The Kier molecular flexibility index (Phi) is 7.63. The normalized spacial score (nSPS) is 27.4. The second-order valence-corrected chi connectivity index (χ2v) is 9.22. The van der Waals surface area contributed by atoms with Gasteiger partial charge in [0, 0.05) is 13.3 Å². The summed E-state index contributed by atoms with van der Waals surface area (Å²) in [6.07, 6.45) is 10.2. The zero-order valence-corrected chi connectivity index (χ0v) is 18.7. The van der Waals surface area contributed by atoms with Crippen LogP contribution in [0.3, 0.4) is 0 Å². The third kappa shape index (κ3) is 6.65. The molecule has 5 nitrogen and oxygen atoms in total. The van der Waals surface area contributed by atoms with Crippen molar-refractivity contribution in [3.63, 3.8) is 0 Å². The lowest BCUT2D eigenvalue weighted by Crippen LogP contribution is -2.38. The molecule has 0 aromatic carbocycles. The van der Waals surface area contributed by atoms with Crippen molar-refractivity contribution < 1.29 is 24.2 Å². The highest BCUT2D eigenvalue weighted by Gasteiger charge is 2.67. The highest BCUT2D eigenvalue weighted by Crippen LogP contribution is 2.49. The Morgan fingerprint density at radius 1 is 1.24 bits per heavy atom. The van der Waals surface area contributed by atoms with Gasteiger partial charge in [0.2, 0.25) is 0 Å². The van der Waals surface area contributed by atoms with Crippen LogP contribution in [0.1, 0.15) is 80.1 Å². The van der Waals surface area contributed by atoms with Crippen LogP contribution in [-0.2, 0) is 19.1 Å². The maximum Gasteiger partial charge on any atom is 0.303 e. The van der Waals surface area contributed by atoms with Gasteiger partial charge in [0.05, 0.1) is 5.60 Å². The van der Waals surface area contributed by atoms with Gasteiger partial charge in [-0.3, -0.25) is 9.59 Å². The molecule has 2 rings (SSSR count). The minimum absolute atomic E-state index is 0.0324. The molecule has 1 aliphatic heterocycles. The van der Waals surface area contributed by atoms with Crippen LogP contribution in [0.15, 0.2) is 34.9 Å². The number of aliphatic hydroxyl groups is 1. The molecule has 0 bridgehead atoms. The van der Waals surface area contributed by atoms with Crippen LogP contribution >= 0.6 is 0 Å². The maximum absolute atomic E-state index is 12.5. The SMILES string of the molecule is CC(=O)OC1C(C)=CC(=O)C2(CC=C(C)CCC=C(C)CCCC(C)(C)O)OC12. The van der Waals surface area contributed by atoms with Crippen molar-refractivity contribution in [3.8, 4) is 0 Å². The second-order valence-electron chi connectivity index (χ2n) is 9.22. The molecule has 1 fully saturated rings. The summed E-state index contributed by atoms with van der Waals surface area (Å²) in [5, 5.41) is 9.77. The number of carbonyl (C=O) groups excluding carboxylic acids is 2. The predicted octanol–water partition coefficient (Wildman–Crippen LogP) is 4.59. The van der Waals surface area contributed by atoms with Gasteiger partial charge in [0.15, 0.2) is 17.5 Å². The highest BCUT2D eigenvalue weighted by atomic mass is 16.7. The number of fused-ring (bicyclic) bond motifs is 1. The van der Waals surface area contributed by atoms with E-state index in [0.717, 1.165) is 37.7 Å². The Morgan fingerprint density at radius 2 is 1.90 bits per heavy atom. The topological polar surface area (TPSA) is 76.1 Å². The number of ether oxygens (including phenoxy) is 2. The summed E-state index contributed by atoms with van der Waals surface area (Å²) in [7, 11) is 0. The lowest BCUT2D eigenvalue weighted by atomic mass is 9.84. The Labute approximate surface area is 174 Å². The number of rotatable bonds is 10. The number of hydrogen-bond acceptors (Lipinski definition) is 5. The van der Waals surface area contributed by atoms with Crippen LogP contribution in [0.25, 0.3) is 0 Å². The molecule has 0 aromatic heterocycles. The number of hydrogen-bond donors (Lipinski definition) is 1. The number of epoxide rings is 1. The third-order valence-corrected chi connectivity index (χ3v) is 5.68. The van der Waals surface area contributed by atoms with Crippen molar-refractivity contribution in [3.05, 3.63) is 34.9 Å². The number of carbonyl (C=O) groups is 2. The molecule has 1 aliphatic carbocycles. The number of ketones is 1. The molecule has 3 unspecified atom stereocenters. The first-order valence-electron chi connectivity index (χ1n) is 10.6. The average Bonchev–Trinajstić information content (AvgIpc) is 3.32. The first kappa shape index (κ1) is 23.6. The fraction of sp³-hybridized carbons (Fsp3) is 0.667. The van der Waals surface area contributed by atoms with E-state index in [4.69, 9.17) is 9.47 Å². The molecule has 0 saturated carbocycles. The van der Waals surface area contributed by atoms with E-state index in [1.165, 1.54) is 18.1 Å². The van der Waals surface area contributed by atoms with Gasteiger partial charge in [-0.15, -0.1) is 0 Å². The Bertz CT molecular complexity index is 722. The van der Waals surface area contributed by atoms with Crippen molar-refractivity contribution >= 4 is 11.8 Å². The summed E-state index contributed by atoms with van der Waals surface area (Å²) in [6, 6.07) is 0. The summed E-state index contributed by atoms with van der Waals surface area (Å²) in [6.45, 7) is 11.1. The maximum atomic E-state index is 12.5. The molecule has 0 radical (unpaired) electrons. The lowest BCUT2D eigenvalue weighted by Gasteiger charge is -2.22.